The molecule has 0 fully saturated rings. The van der Waals surface area contributed by atoms with E-state index in [2.05, 4.69) is 4.74 Å². The van der Waals surface area contributed by atoms with Crippen molar-refractivity contribution in [3.05, 3.63) is 0 Å². The molecule has 0 aromatic heterocycles. The molecular formula is C4H5F5O. The molecule has 0 heterocycles. The van der Waals surface area contributed by atoms with E-state index < -0.39 is 18.7 Å². The first-order chi connectivity index (χ1) is 4.37. The largest absolute Gasteiger partial charge is 0.451 e. The molecule has 1 unspecified atom stereocenters. The lowest BCUT2D eigenvalue weighted by Gasteiger charge is -2.22. The van der Waals surface area contributed by atoms with Gasteiger partial charge in [0.05, 0.1) is 0 Å². The smallest absolute Gasteiger partial charge is 0.340 e. The summed E-state index contributed by atoms with van der Waals surface area (Å²) in [5, 5.41) is 0. The molecule has 0 rings (SSSR count). The van der Waals surface area contributed by atoms with Gasteiger partial charge in [-0.05, 0) is 0 Å². The highest BCUT2D eigenvalue weighted by Gasteiger charge is 2.57. The fourth-order valence-corrected chi connectivity index (χ4v) is 0.246. The van der Waals surface area contributed by atoms with Crippen LogP contribution in [0, 0.1) is 0 Å². The summed E-state index contributed by atoms with van der Waals surface area (Å²) in [6.07, 6.45) is -5.31. The number of halogens is 5. The van der Waals surface area contributed by atoms with E-state index in [9.17, 15) is 22.0 Å². The minimum Gasteiger partial charge on any atom is -0.340 e. The molecule has 1 nitrogen and oxygen atoms in total. The van der Waals surface area contributed by atoms with E-state index in [4.69, 9.17) is 0 Å². The Kier molecular flexibility index (Phi) is 2.59. The molecule has 0 aliphatic heterocycles. The Morgan fingerprint density at radius 1 is 1.20 bits per heavy atom. The van der Waals surface area contributed by atoms with Gasteiger partial charge in [-0.2, -0.15) is 17.6 Å². The highest BCUT2D eigenvalue weighted by molar-refractivity contribution is 4.75. The Morgan fingerprint density at radius 3 is 1.60 bits per heavy atom. The molecule has 0 aromatic carbocycles. The highest BCUT2D eigenvalue weighted by atomic mass is 19.4. The summed E-state index contributed by atoms with van der Waals surface area (Å²) in [5.41, 5.74) is 0. The van der Waals surface area contributed by atoms with Crippen LogP contribution in [0.5, 0.6) is 0 Å². The maximum absolute atomic E-state index is 12.0. The van der Waals surface area contributed by atoms with E-state index in [1.54, 1.807) is 0 Å². The van der Waals surface area contributed by atoms with Gasteiger partial charge in [0, 0.05) is 7.11 Å². The van der Waals surface area contributed by atoms with Crippen molar-refractivity contribution in [3.8, 4) is 0 Å². The van der Waals surface area contributed by atoms with Crippen LogP contribution < -0.4 is 0 Å². The van der Waals surface area contributed by atoms with Gasteiger partial charge in [-0.3, -0.25) is 0 Å². The molecule has 0 bridgehead atoms. The Labute approximate surface area is 53.8 Å². The fraction of sp³-hybridized carbons (Fsp3) is 1.00. The van der Waals surface area contributed by atoms with Crippen LogP contribution >= 0.6 is 0 Å². The van der Waals surface area contributed by atoms with Crippen LogP contribution in [0.1, 0.15) is 0 Å². The predicted molar refractivity (Wildman–Crippen MR) is 22.9 cm³/mol. The molecule has 1 atom stereocenters. The Morgan fingerprint density at radius 2 is 1.60 bits per heavy atom. The second kappa shape index (κ2) is 2.69. The summed E-state index contributed by atoms with van der Waals surface area (Å²) in [6.45, 7) is -2.23. The summed E-state index contributed by atoms with van der Waals surface area (Å²) in [4.78, 5) is 0. The second-order valence-electron chi connectivity index (χ2n) is 1.56. The molecule has 6 heteroatoms. The monoisotopic (exact) mass is 164 g/mol. The fourth-order valence-electron chi connectivity index (χ4n) is 0.246. The topological polar surface area (TPSA) is 9.23 Å². The van der Waals surface area contributed by atoms with E-state index in [0.717, 1.165) is 0 Å². The average molecular weight is 164 g/mol. The minimum absolute atomic E-state index is 0.451. The van der Waals surface area contributed by atoms with Gasteiger partial charge >= 0.3 is 12.0 Å². The quantitative estimate of drug-likeness (QED) is 0.565. The number of rotatable bonds is 2. The number of alkyl halides is 5. The average Bonchev–Trinajstić information content (AvgIpc) is 1.84. The van der Waals surface area contributed by atoms with Crippen molar-refractivity contribution in [2.45, 2.75) is 12.0 Å². The van der Waals surface area contributed by atoms with Crippen molar-refractivity contribution in [3.63, 3.8) is 0 Å². The maximum Gasteiger partial charge on any atom is 0.451 e. The maximum atomic E-state index is 12.0. The zero-order valence-corrected chi connectivity index (χ0v) is 5.01. The van der Waals surface area contributed by atoms with Crippen molar-refractivity contribution < 1.29 is 26.7 Å². The molecule has 0 saturated heterocycles. The van der Waals surface area contributed by atoms with Crippen molar-refractivity contribution in [2.24, 2.45) is 0 Å². The summed E-state index contributed by atoms with van der Waals surface area (Å²) in [7, 11) is 0.451. The summed E-state index contributed by atoms with van der Waals surface area (Å²) >= 11 is 0. The Bertz CT molecular complexity index is 105. The molecule has 0 radical (unpaired) electrons. The molecule has 0 aromatic rings. The van der Waals surface area contributed by atoms with Crippen molar-refractivity contribution >= 4 is 0 Å². The summed E-state index contributed by atoms with van der Waals surface area (Å²) < 4.78 is 60.7. The standard InChI is InChI=1S/C4H5F5O/c1-10-3(6,2-5)4(7,8)9/h2H2,1H3. The number of hydrogen-bond acceptors (Lipinski definition) is 1. The van der Waals surface area contributed by atoms with Gasteiger partial charge in [0.25, 0.3) is 0 Å². The van der Waals surface area contributed by atoms with Gasteiger partial charge in [0.2, 0.25) is 0 Å². The first-order valence-corrected chi connectivity index (χ1v) is 2.24. The van der Waals surface area contributed by atoms with E-state index in [1.165, 1.54) is 0 Å². The minimum atomic E-state index is -5.31. The predicted octanol–water partition coefficient (Wildman–Crippen LogP) is 1.83. The van der Waals surface area contributed by atoms with Crippen LogP contribution in [-0.4, -0.2) is 25.8 Å². The highest BCUT2D eigenvalue weighted by Crippen LogP contribution is 2.34. The summed E-state index contributed by atoms with van der Waals surface area (Å²) in [6, 6.07) is 0. The molecule has 62 valence electrons. The molecule has 0 N–H and O–H groups in total. The van der Waals surface area contributed by atoms with E-state index >= 15 is 0 Å². The van der Waals surface area contributed by atoms with Crippen molar-refractivity contribution in [2.75, 3.05) is 13.8 Å². The van der Waals surface area contributed by atoms with Crippen LogP contribution in [0.25, 0.3) is 0 Å². The molecule has 0 saturated carbocycles. The molecular weight excluding hydrogens is 159 g/mol. The second-order valence-corrected chi connectivity index (χ2v) is 1.56. The normalized spacial score (nSPS) is 18.6. The van der Waals surface area contributed by atoms with E-state index in [1.807, 2.05) is 0 Å². The Balaban J connectivity index is 4.33. The van der Waals surface area contributed by atoms with Gasteiger partial charge in [0.15, 0.2) is 6.67 Å². The van der Waals surface area contributed by atoms with Gasteiger partial charge in [-0.25, -0.2) is 4.39 Å². The number of methoxy groups -OCH3 is 1. The molecule has 0 amide bonds. The summed E-state index contributed by atoms with van der Waals surface area (Å²) in [5.74, 6) is -4.15. The van der Waals surface area contributed by atoms with Gasteiger partial charge in [0.1, 0.15) is 0 Å². The van der Waals surface area contributed by atoms with Crippen LogP contribution in [0.2, 0.25) is 0 Å². The third-order valence-corrected chi connectivity index (χ3v) is 0.919. The van der Waals surface area contributed by atoms with Gasteiger partial charge < -0.3 is 4.74 Å². The molecule has 0 aliphatic rings. The number of hydrogen-bond donors (Lipinski definition) is 0. The van der Waals surface area contributed by atoms with E-state index in [0.29, 0.717) is 7.11 Å². The van der Waals surface area contributed by atoms with Crippen molar-refractivity contribution in [1.29, 1.82) is 0 Å². The third kappa shape index (κ3) is 1.56. The molecule has 0 aliphatic carbocycles. The zero-order chi connectivity index (χ0) is 8.41. The first kappa shape index (κ1) is 9.61. The number of ether oxygens (including phenoxy) is 1. The SMILES string of the molecule is COC(F)(CF)C(F)(F)F. The van der Waals surface area contributed by atoms with Gasteiger partial charge in [-0.1, -0.05) is 0 Å². The first-order valence-electron chi connectivity index (χ1n) is 2.24. The van der Waals surface area contributed by atoms with Crippen LogP contribution in [-0.2, 0) is 4.74 Å². The zero-order valence-electron chi connectivity index (χ0n) is 5.01. The van der Waals surface area contributed by atoms with Crippen molar-refractivity contribution in [1.82, 2.24) is 0 Å². The third-order valence-electron chi connectivity index (χ3n) is 0.919. The lowest BCUT2D eigenvalue weighted by atomic mass is 10.3. The molecule has 10 heavy (non-hydrogen) atoms. The van der Waals surface area contributed by atoms with E-state index in [-0.39, 0.29) is 0 Å². The van der Waals surface area contributed by atoms with Crippen LogP contribution in [0.4, 0.5) is 22.0 Å². The van der Waals surface area contributed by atoms with Crippen LogP contribution in [0.3, 0.4) is 0 Å². The lowest BCUT2D eigenvalue weighted by molar-refractivity contribution is -0.328. The van der Waals surface area contributed by atoms with Crippen LogP contribution in [0.15, 0.2) is 0 Å². The Hall–Kier alpha value is -0.390. The molecule has 0 spiro atoms. The van der Waals surface area contributed by atoms with Gasteiger partial charge in [-0.15, -0.1) is 0 Å². The lowest BCUT2D eigenvalue weighted by Crippen LogP contribution is -2.44.